The number of fused-ring (bicyclic) bond motifs is 2. The Balaban J connectivity index is 0.585. The fourth-order valence-corrected chi connectivity index (χ4v) is 15.6. The van der Waals surface area contributed by atoms with Gasteiger partial charge in [0.2, 0.25) is 29.5 Å². The van der Waals surface area contributed by atoms with Crippen LogP contribution in [-0.2, 0) is 30.6 Å². The second-order valence-electron chi connectivity index (χ2n) is 28.1. The molecule has 4 saturated heterocycles. The molecule has 2 bridgehead atoms. The molecule has 30 heteroatoms. The number of anilines is 4. The van der Waals surface area contributed by atoms with Gasteiger partial charge in [-0.3, -0.25) is 33.8 Å². The minimum atomic E-state index is -1.59. The van der Waals surface area contributed by atoms with Crippen molar-refractivity contribution in [1.29, 1.82) is 0 Å². The highest BCUT2D eigenvalue weighted by Crippen LogP contribution is 2.43. The number of aliphatic hydroxyl groups is 1. The first-order valence-corrected chi connectivity index (χ1v) is 36.5. The number of hydrogen-bond donors (Lipinski definition) is 8. The summed E-state index contributed by atoms with van der Waals surface area (Å²) < 4.78 is 39.6. The highest BCUT2D eigenvalue weighted by molar-refractivity contribution is 7.13. The maximum Gasteiger partial charge on any atom is 0.319 e. The number of nitrogens with one attached hydrogen (secondary N) is 4. The number of aliphatic hydroxyl groups excluding tert-OH is 1. The largest absolute Gasteiger partial charge is 0.488 e. The molecule has 104 heavy (non-hydrogen) atoms. The number of aromatic nitrogens is 5. The first-order chi connectivity index (χ1) is 50.1. The molecular formula is C74H91FN16O12S. The van der Waals surface area contributed by atoms with E-state index in [0.29, 0.717) is 91.4 Å². The van der Waals surface area contributed by atoms with E-state index in [4.69, 9.17) is 30.2 Å². The van der Waals surface area contributed by atoms with E-state index in [9.17, 15) is 39.0 Å². The number of rotatable bonds is 30. The zero-order valence-corrected chi connectivity index (χ0v) is 59.9. The summed E-state index contributed by atoms with van der Waals surface area (Å²) in [7, 11) is 0. The lowest BCUT2D eigenvalue weighted by Gasteiger charge is -2.43. The van der Waals surface area contributed by atoms with Crippen LogP contribution in [0.25, 0.3) is 21.7 Å². The van der Waals surface area contributed by atoms with Gasteiger partial charge in [0.15, 0.2) is 11.6 Å². The normalized spacial score (nSPS) is 20.3. The Morgan fingerprint density at radius 2 is 1.60 bits per heavy atom. The van der Waals surface area contributed by atoms with Gasteiger partial charge in [-0.25, -0.2) is 19.2 Å². The van der Waals surface area contributed by atoms with Gasteiger partial charge in [0.05, 0.1) is 39.6 Å². The van der Waals surface area contributed by atoms with Crippen molar-refractivity contribution in [2.24, 2.45) is 17.1 Å². The van der Waals surface area contributed by atoms with Crippen molar-refractivity contribution >= 4 is 69.8 Å². The fourth-order valence-electron chi connectivity index (χ4n) is 14.7. The van der Waals surface area contributed by atoms with Crippen LogP contribution in [0.2, 0.25) is 0 Å². The van der Waals surface area contributed by atoms with Gasteiger partial charge in [-0.15, -0.1) is 21.5 Å². The number of carbonyl (C=O) groups is 6. The number of nitrogen functional groups attached to an aromatic ring is 1. The third-order valence-electron chi connectivity index (χ3n) is 20.6. The number of β-amino-alcohol motifs (C(OH)–C–C–N with tert-alkyl or cyclic N) is 1. The van der Waals surface area contributed by atoms with Gasteiger partial charge < -0.3 is 76.4 Å². The van der Waals surface area contributed by atoms with E-state index in [-0.39, 0.29) is 105 Å². The topological polar surface area (TPSA) is 365 Å². The SMILES string of the molecule is Cc1ncsc1-c1ccc([C@H](C)NC(=O)[C@@H]2C[C@@H](O)CN2C(=O)[C@@H](c2cc(OCCN3CCN(CCOc4cc(N5C6CCC5CN(c5cc(-c7cc(F)ccc7OCc7ccc(NC(=O)[C@H](CCCNC(N)=O)NC(=O)C8(C(=O)O)CCC8)cc7)nnc5N)C6)ccn4)[C@H](C)C3)no2)C(C)C)cc1. The molecule has 2 unspecified atom stereocenters. The Kier molecular flexibility index (Phi) is 23.2. The van der Waals surface area contributed by atoms with Gasteiger partial charge in [0.1, 0.15) is 54.8 Å². The van der Waals surface area contributed by atoms with E-state index in [1.54, 1.807) is 47.9 Å². The number of amides is 6. The van der Waals surface area contributed by atoms with E-state index < -0.39 is 59.2 Å². The Hall–Kier alpha value is -10.0. The number of likely N-dealkylation sites (tertiary alicyclic amines) is 1. The second kappa shape index (κ2) is 32.7. The number of hydrogen-bond acceptors (Lipinski definition) is 22. The molecule has 1 aliphatic carbocycles. The molecule has 8 atom stereocenters. The maximum absolute atomic E-state index is 15.1. The summed E-state index contributed by atoms with van der Waals surface area (Å²) in [5, 5.41) is 44.5. The Morgan fingerprint density at radius 3 is 2.29 bits per heavy atom. The van der Waals surface area contributed by atoms with E-state index in [1.165, 1.54) is 23.1 Å². The molecule has 552 valence electrons. The lowest BCUT2D eigenvalue weighted by atomic mass is 9.68. The summed E-state index contributed by atoms with van der Waals surface area (Å²) >= 11 is 1.58. The highest BCUT2D eigenvalue weighted by atomic mass is 32.1. The average Bonchev–Trinajstić information content (AvgIpc) is 1.53. The summed E-state index contributed by atoms with van der Waals surface area (Å²) in [4.78, 5) is 99.2. The minimum absolute atomic E-state index is 0.0259. The molecule has 12 rings (SSSR count). The number of primary amides is 1. The zero-order chi connectivity index (χ0) is 73.3. The molecule has 5 aliphatic rings. The number of pyridine rings is 1. The molecule has 4 aromatic heterocycles. The van der Waals surface area contributed by atoms with Crippen LogP contribution in [0.15, 0.2) is 107 Å². The molecule has 5 fully saturated rings. The summed E-state index contributed by atoms with van der Waals surface area (Å²) in [6.45, 7) is 16.1. The molecule has 8 heterocycles. The van der Waals surface area contributed by atoms with Crippen LogP contribution in [0.4, 0.5) is 32.1 Å². The fraction of sp³-hybridized carbons (Fsp3) is 0.473. The number of ether oxygens (including phenoxy) is 3. The van der Waals surface area contributed by atoms with Crippen molar-refractivity contribution in [3.05, 3.63) is 131 Å². The van der Waals surface area contributed by atoms with E-state index >= 15 is 4.39 Å². The molecule has 7 aromatic rings. The van der Waals surface area contributed by atoms with Crippen molar-refractivity contribution in [2.45, 2.75) is 141 Å². The second-order valence-corrected chi connectivity index (χ2v) is 28.9. The number of carboxylic acid groups (broad SMARTS) is 1. The molecule has 3 aromatic carbocycles. The van der Waals surface area contributed by atoms with Gasteiger partial charge >= 0.3 is 12.0 Å². The number of aliphatic carboxylic acids is 1. The van der Waals surface area contributed by atoms with Crippen molar-refractivity contribution < 1.29 is 62.1 Å². The third kappa shape index (κ3) is 17.1. The lowest BCUT2D eigenvalue weighted by Crippen LogP contribution is -2.55. The summed E-state index contributed by atoms with van der Waals surface area (Å²) in [6, 6.07) is 24.0. The number of aryl methyl sites for hydroxylation is 1. The predicted octanol–water partition coefficient (Wildman–Crippen LogP) is 7.29. The standard InChI is InChI=1S/C74H91FN16O12S/c1-43(2)65(70(95)90-40-55(92)34-60(90)69(94)81-45(4)48-11-13-49(14-12-48)66-46(5)80-42-104-66)62-36-64(86-103-62)101-30-28-87-26-27-88(44(3)37-87)29-31-100-63-33-52(21-25-78-63)91-53-18-19-54(91)39-89(38-53)59-35-58(84-85-67(59)76)56-32-50(75)15-20-61(56)102-41-47-9-16-51(17-10-47)82-68(93)57(8-6-24-79-73(77)99)83-71(96)74(72(97)98)22-7-23-74/h9-17,20-21,25,32-33,35-36,42-45,53-55,57,60,65,92H,6-8,18-19,22-24,26-31,34,37-41H2,1-5H3,(H2,76,85)(H,81,94)(H,82,93)(H,83,96)(H,97,98)(H3,77,79,99)/t44-,45+,53?,54?,55-,57+,60+,65-/m1/s1. The van der Waals surface area contributed by atoms with Gasteiger partial charge in [-0.1, -0.05) is 56.7 Å². The molecule has 10 N–H and O–H groups in total. The minimum Gasteiger partial charge on any atom is -0.488 e. The van der Waals surface area contributed by atoms with Gasteiger partial charge in [0.25, 0.3) is 5.88 Å². The van der Waals surface area contributed by atoms with Gasteiger partial charge in [-0.2, -0.15) is 0 Å². The quantitative estimate of drug-likeness (QED) is 0.0162. The summed E-state index contributed by atoms with van der Waals surface area (Å²) in [6.07, 6.45) is 4.26. The first-order valence-electron chi connectivity index (χ1n) is 35.6. The number of nitrogens with two attached hydrogens (primary N) is 2. The van der Waals surface area contributed by atoms with Gasteiger partial charge in [0, 0.05) is 119 Å². The number of nitrogens with zero attached hydrogens (tertiary/aromatic N) is 10. The van der Waals surface area contributed by atoms with Crippen LogP contribution in [0.3, 0.4) is 0 Å². The van der Waals surface area contributed by atoms with Gasteiger partial charge in [-0.05, 0) is 130 Å². The third-order valence-corrected chi connectivity index (χ3v) is 21.6. The number of piperazine rings is 2. The monoisotopic (exact) mass is 1450 g/mol. The van der Waals surface area contributed by atoms with Crippen molar-refractivity contribution in [3.63, 3.8) is 0 Å². The Morgan fingerprint density at radius 1 is 0.846 bits per heavy atom. The van der Waals surface area contributed by atoms with Crippen LogP contribution in [0, 0.1) is 24.1 Å². The molecular weight excluding hydrogens is 1360 g/mol. The van der Waals surface area contributed by atoms with E-state index in [1.807, 2.05) is 75.7 Å². The predicted molar refractivity (Wildman–Crippen MR) is 387 cm³/mol. The molecule has 6 amide bonds. The number of thiazole rings is 1. The van der Waals surface area contributed by atoms with Crippen molar-refractivity contribution in [2.75, 3.05) is 93.0 Å². The molecule has 1 saturated carbocycles. The smallest absolute Gasteiger partial charge is 0.319 e. The molecule has 0 spiro atoms. The maximum atomic E-state index is 15.1. The Bertz CT molecular complexity index is 4190. The summed E-state index contributed by atoms with van der Waals surface area (Å²) in [5.74, 6) is -2.93. The van der Waals surface area contributed by atoms with Crippen LogP contribution < -0.4 is 56.7 Å². The number of benzene rings is 3. The molecule has 0 radical (unpaired) electrons. The number of urea groups is 1. The molecule has 28 nitrogen and oxygen atoms in total. The number of carbonyl (C=O) groups excluding carboxylic acids is 5. The van der Waals surface area contributed by atoms with Crippen molar-refractivity contribution in [1.82, 2.24) is 56.0 Å². The zero-order valence-electron chi connectivity index (χ0n) is 59.0. The average molecular weight is 1450 g/mol. The van der Waals surface area contributed by atoms with E-state index in [0.717, 1.165) is 59.9 Å². The lowest BCUT2D eigenvalue weighted by molar-refractivity contribution is -0.162. The molecule has 4 aliphatic heterocycles. The first kappa shape index (κ1) is 73.7. The number of carboxylic acids is 1. The highest BCUT2D eigenvalue weighted by Gasteiger charge is 2.52. The summed E-state index contributed by atoms with van der Waals surface area (Å²) in [5.41, 5.74) is 18.5. The van der Waals surface area contributed by atoms with Crippen LogP contribution >= 0.6 is 11.3 Å². The van der Waals surface area contributed by atoms with Crippen LogP contribution in [-0.4, -0.2) is 194 Å². The van der Waals surface area contributed by atoms with Crippen LogP contribution in [0.5, 0.6) is 17.5 Å². The van der Waals surface area contributed by atoms with Crippen molar-refractivity contribution in [3.8, 4) is 39.2 Å². The number of halogens is 1. The van der Waals surface area contributed by atoms with E-state index in [2.05, 4.69) is 73.1 Å². The Labute approximate surface area is 606 Å². The van der Waals surface area contributed by atoms with Crippen LogP contribution in [0.1, 0.15) is 114 Å².